The van der Waals surface area contributed by atoms with E-state index in [1.807, 2.05) is 30.5 Å². The Morgan fingerprint density at radius 1 is 1.03 bits per heavy atom. The van der Waals surface area contributed by atoms with Gasteiger partial charge in [0, 0.05) is 12.6 Å². The van der Waals surface area contributed by atoms with Gasteiger partial charge in [-0.05, 0) is 81.0 Å². The van der Waals surface area contributed by atoms with Crippen LogP contribution in [-0.4, -0.2) is 47.3 Å². The number of hydrogen-bond acceptors (Lipinski definition) is 5. The SMILES string of the molecule is C=Cc1cnc2ccc(-c3ccc4c(c3)N=C(N)C4)cn12.CC.CN.CN1CCCC1. The molecule has 2 aliphatic heterocycles. The maximum absolute atomic E-state index is 5.80. The minimum Gasteiger partial charge on any atom is -0.387 e. The van der Waals surface area contributed by atoms with E-state index in [0.717, 1.165) is 34.6 Å². The Morgan fingerprint density at radius 2 is 1.71 bits per heavy atom. The highest BCUT2D eigenvalue weighted by molar-refractivity contribution is 5.91. The van der Waals surface area contributed by atoms with Gasteiger partial charge in [-0.2, -0.15) is 0 Å². The fourth-order valence-corrected chi connectivity index (χ4v) is 3.58. The van der Waals surface area contributed by atoms with Crippen molar-refractivity contribution in [2.24, 2.45) is 16.5 Å². The summed E-state index contributed by atoms with van der Waals surface area (Å²) >= 11 is 0. The minimum absolute atomic E-state index is 0.682. The van der Waals surface area contributed by atoms with Gasteiger partial charge in [0.15, 0.2) is 0 Å². The third-order valence-electron chi connectivity index (χ3n) is 5.13. The molecule has 2 aromatic heterocycles. The van der Waals surface area contributed by atoms with Crippen molar-refractivity contribution >= 4 is 23.2 Å². The molecule has 4 N–H and O–H groups in total. The van der Waals surface area contributed by atoms with Gasteiger partial charge in [0.25, 0.3) is 0 Å². The van der Waals surface area contributed by atoms with E-state index in [-0.39, 0.29) is 0 Å². The first-order valence-corrected chi connectivity index (χ1v) is 11.0. The summed E-state index contributed by atoms with van der Waals surface area (Å²) in [7, 11) is 3.67. The van der Waals surface area contributed by atoms with Crippen LogP contribution in [0.2, 0.25) is 0 Å². The van der Waals surface area contributed by atoms with Gasteiger partial charge >= 0.3 is 0 Å². The number of nitrogens with two attached hydrogens (primary N) is 2. The van der Waals surface area contributed by atoms with Crippen molar-refractivity contribution in [3.63, 3.8) is 0 Å². The molecule has 31 heavy (non-hydrogen) atoms. The number of rotatable bonds is 2. The number of hydrogen-bond donors (Lipinski definition) is 2. The number of likely N-dealkylation sites (tertiary alicyclic amines) is 1. The average molecular weight is 421 g/mol. The number of fused-ring (bicyclic) bond motifs is 2. The number of amidine groups is 1. The van der Waals surface area contributed by atoms with Gasteiger partial charge in [-0.1, -0.05) is 32.6 Å². The Balaban J connectivity index is 0.000000289. The van der Waals surface area contributed by atoms with Crippen LogP contribution in [0.15, 0.2) is 54.3 Å². The highest BCUT2D eigenvalue weighted by Gasteiger charge is 2.13. The van der Waals surface area contributed by atoms with Gasteiger partial charge in [-0.3, -0.25) is 4.40 Å². The van der Waals surface area contributed by atoms with Crippen LogP contribution < -0.4 is 11.5 Å². The summed E-state index contributed by atoms with van der Waals surface area (Å²) in [5.41, 5.74) is 16.6. The van der Waals surface area contributed by atoms with Crippen molar-refractivity contribution in [3.8, 4) is 11.1 Å². The molecular formula is C25H36N6. The second-order valence-corrected chi connectivity index (χ2v) is 7.17. The van der Waals surface area contributed by atoms with E-state index in [9.17, 15) is 0 Å². The molecular weight excluding hydrogens is 384 g/mol. The topological polar surface area (TPSA) is 84.9 Å². The van der Waals surface area contributed by atoms with Crippen LogP contribution in [0.1, 0.15) is 37.9 Å². The van der Waals surface area contributed by atoms with Crippen molar-refractivity contribution in [1.29, 1.82) is 0 Å². The molecule has 4 heterocycles. The van der Waals surface area contributed by atoms with Gasteiger partial charge in [0.1, 0.15) is 11.5 Å². The third-order valence-corrected chi connectivity index (χ3v) is 5.13. The van der Waals surface area contributed by atoms with E-state index in [1.165, 1.54) is 38.5 Å². The van der Waals surface area contributed by atoms with Crippen molar-refractivity contribution in [2.75, 3.05) is 27.2 Å². The second kappa shape index (κ2) is 12.0. The summed E-state index contributed by atoms with van der Waals surface area (Å²) in [6.07, 6.45) is 9.27. The van der Waals surface area contributed by atoms with Crippen LogP contribution >= 0.6 is 0 Å². The van der Waals surface area contributed by atoms with Gasteiger partial charge in [-0.15, -0.1) is 0 Å². The standard InChI is InChI=1S/C17H14N4.C5H11N.C2H6.CH5N/c1-2-14-9-19-17-6-5-13(10-21(14)17)11-3-4-12-8-16(18)20-15(12)7-11;1-6-4-2-3-5-6;2*1-2/h2-7,9-10H,1,8H2,(H2,18,20);2-5H2,1H3;1-2H3;2H2,1H3. The molecule has 3 aromatic rings. The number of aromatic nitrogens is 2. The second-order valence-electron chi connectivity index (χ2n) is 7.17. The highest BCUT2D eigenvalue weighted by atomic mass is 15.1. The van der Waals surface area contributed by atoms with E-state index in [0.29, 0.717) is 5.84 Å². The normalized spacial score (nSPS) is 14.3. The molecule has 0 atom stereocenters. The van der Waals surface area contributed by atoms with E-state index in [4.69, 9.17) is 5.73 Å². The van der Waals surface area contributed by atoms with Gasteiger partial charge in [0.2, 0.25) is 0 Å². The van der Waals surface area contributed by atoms with E-state index in [1.54, 1.807) is 6.08 Å². The van der Waals surface area contributed by atoms with Crippen LogP contribution in [0.4, 0.5) is 5.69 Å². The van der Waals surface area contributed by atoms with Gasteiger partial charge in [0.05, 0.1) is 17.6 Å². The first-order valence-electron chi connectivity index (χ1n) is 11.0. The largest absolute Gasteiger partial charge is 0.387 e. The first-order chi connectivity index (χ1) is 15.1. The Kier molecular flexibility index (Phi) is 9.43. The van der Waals surface area contributed by atoms with Crippen molar-refractivity contribution in [3.05, 3.63) is 60.6 Å². The quantitative estimate of drug-likeness (QED) is 0.639. The fraction of sp³-hybridized carbons (Fsp3) is 0.360. The molecule has 1 aromatic carbocycles. The lowest BCUT2D eigenvalue weighted by Gasteiger charge is -2.06. The smallest absolute Gasteiger partial charge is 0.137 e. The number of imidazole rings is 1. The summed E-state index contributed by atoms with van der Waals surface area (Å²) in [5, 5.41) is 0. The molecule has 6 nitrogen and oxygen atoms in total. The molecule has 1 saturated heterocycles. The lowest BCUT2D eigenvalue weighted by molar-refractivity contribution is 0.418. The Morgan fingerprint density at radius 3 is 2.32 bits per heavy atom. The third kappa shape index (κ3) is 6.03. The predicted octanol–water partition coefficient (Wildman–Crippen LogP) is 4.50. The number of benzene rings is 1. The van der Waals surface area contributed by atoms with E-state index < -0.39 is 0 Å². The minimum atomic E-state index is 0.682. The maximum atomic E-state index is 5.80. The first kappa shape index (κ1) is 24.3. The van der Waals surface area contributed by atoms with Crippen LogP contribution in [0.25, 0.3) is 22.9 Å². The molecule has 2 aliphatic rings. The zero-order valence-electron chi connectivity index (χ0n) is 19.3. The molecule has 0 bridgehead atoms. The highest BCUT2D eigenvalue weighted by Crippen LogP contribution is 2.31. The summed E-state index contributed by atoms with van der Waals surface area (Å²) in [6, 6.07) is 10.4. The summed E-state index contributed by atoms with van der Waals surface area (Å²) in [4.78, 5) is 11.1. The van der Waals surface area contributed by atoms with Gasteiger partial charge < -0.3 is 16.4 Å². The molecule has 0 spiro atoms. The van der Waals surface area contributed by atoms with E-state index in [2.05, 4.69) is 64.7 Å². The Bertz CT molecular complexity index is 1010. The number of pyridine rings is 1. The molecule has 0 unspecified atom stereocenters. The van der Waals surface area contributed by atoms with Crippen LogP contribution in [-0.2, 0) is 6.42 Å². The number of nitrogens with zero attached hydrogens (tertiary/aromatic N) is 4. The van der Waals surface area contributed by atoms with Crippen molar-refractivity contribution < 1.29 is 0 Å². The predicted molar refractivity (Wildman–Crippen MR) is 134 cm³/mol. The van der Waals surface area contributed by atoms with Crippen LogP contribution in [0.5, 0.6) is 0 Å². The molecule has 0 radical (unpaired) electrons. The van der Waals surface area contributed by atoms with Crippen molar-refractivity contribution in [2.45, 2.75) is 33.1 Å². The fourth-order valence-electron chi connectivity index (χ4n) is 3.58. The Hall–Kier alpha value is -2.96. The van der Waals surface area contributed by atoms with Crippen LogP contribution in [0, 0.1) is 0 Å². The molecule has 0 aliphatic carbocycles. The zero-order valence-corrected chi connectivity index (χ0v) is 19.3. The van der Waals surface area contributed by atoms with Crippen molar-refractivity contribution in [1.82, 2.24) is 14.3 Å². The van der Waals surface area contributed by atoms with E-state index >= 15 is 0 Å². The average Bonchev–Trinajstić information content (AvgIpc) is 3.54. The molecule has 6 heteroatoms. The molecule has 0 saturated carbocycles. The maximum Gasteiger partial charge on any atom is 0.137 e. The van der Waals surface area contributed by atoms with Gasteiger partial charge in [-0.25, -0.2) is 9.98 Å². The lowest BCUT2D eigenvalue weighted by atomic mass is 10.0. The zero-order chi connectivity index (χ0) is 22.8. The molecule has 5 rings (SSSR count). The number of aliphatic imine (C=N–C) groups is 1. The lowest BCUT2D eigenvalue weighted by Crippen LogP contribution is -2.10. The molecule has 1 fully saturated rings. The summed E-state index contributed by atoms with van der Waals surface area (Å²) < 4.78 is 2.03. The molecule has 166 valence electrons. The Labute approximate surface area is 186 Å². The monoisotopic (exact) mass is 420 g/mol. The summed E-state index contributed by atoms with van der Waals surface area (Å²) in [6.45, 7) is 10.5. The molecule has 0 amide bonds. The summed E-state index contributed by atoms with van der Waals surface area (Å²) in [5.74, 6) is 0.682. The van der Waals surface area contributed by atoms with Crippen LogP contribution in [0.3, 0.4) is 0 Å².